The number of nitrogens with zero attached hydrogens (tertiary/aromatic N) is 2. The first-order valence-electron chi connectivity index (χ1n) is 6.47. The summed E-state index contributed by atoms with van der Waals surface area (Å²) in [5.74, 6) is -0.0678. The van der Waals surface area contributed by atoms with E-state index in [1.807, 2.05) is 23.9 Å². The van der Waals surface area contributed by atoms with Crippen LogP contribution in [0.5, 0.6) is 0 Å². The first-order chi connectivity index (χ1) is 9.49. The Labute approximate surface area is 129 Å². The number of hydrogen-bond donors (Lipinski definition) is 0. The molecule has 1 atom stereocenters. The predicted molar refractivity (Wildman–Crippen MR) is 80.7 cm³/mol. The standard InChI is InChI=1S/C14H18Cl2N2O2/c1-17(2)8-11-9-20-6-5-18(11)14(19)12-4-3-10(15)7-13(12)16/h3-4,7,11H,5-6,8-9H2,1-2H3/t11-/m0/s1. The molecule has 1 fully saturated rings. The molecule has 1 aromatic carbocycles. The molecule has 0 unspecified atom stereocenters. The van der Waals surface area contributed by atoms with Crippen molar-refractivity contribution in [3.05, 3.63) is 33.8 Å². The minimum atomic E-state index is -0.0678. The lowest BCUT2D eigenvalue weighted by Crippen LogP contribution is -2.52. The summed E-state index contributed by atoms with van der Waals surface area (Å²) in [6.45, 7) is 2.45. The van der Waals surface area contributed by atoms with Crippen molar-refractivity contribution in [2.45, 2.75) is 6.04 Å². The molecule has 0 aromatic heterocycles. The first-order valence-corrected chi connectivity index (χ1v) is 7.23. The Bertz CT molecular complexity index is 494. The largest absolute Gasteiger partial charge is 0.377 e. The Morgan fingerprint density at radius 1 is 1.45 bits per heavy atom. The second-order valence-corrected chi connectivity index (χ2v) is 5.96. The monoisotopic (exact) mass is 316 g/mol. The van der Waals surface area contributed by atoms with Crippen LogP contribution in [-0.2, 0) is 4.74 Å². The molecular formula is C14H18Cl2N2O2. The van der Waals surface area contributed by atoms with Gasteiger partial charge in [0, 0.05) is 18.1 Å². The summed E-state index contributed by atoms with van der Waals surface area (Å²) < 4.78 is 5.47. The molecule has 1 aliphatic rings. The molecule has 4 nitrogen and oxygen atoms in total. The van der Waals surface area contributed by atoms with Gasteiger partial charge in [0.05, 0.1) is 29.8 Å². The number of amides is 1. The van der Waals surface area contributed by atoms with E-state index in [1.165, 1.54) is 0 Å². The minimum Gasteiger partial charge on any atom is -0.377 e. The lowest BCUT2D eigenvalue weighted by atomic mass is 10.1. The highest BCUT2D eigenvalue weighted by Gasteiger charge is 2.29. The van der Waals surface area contributed by atoms with Gasteiger partial charge in [-0.1, -0.05) is 23.2 Å². The summed E-state index contributed by atoms with van der Waals surface area (Å²) in [7, 11) is 3.96. The zero-order valence-corrected chi connectivity index (χ0v) is 13.1. The Kier molecular flexibility index (Phi) is 5.27. The van der Waals surface area contributed by atoms with Crippen LogP contribution in [0.25, 0.3) is 0 Å². The van der Waals surface area contributed by atoms with Crippen LogP contribution in [0.3, 0.4) is 0 Å². The summed E-state index contributed by atoms with van der Waals surface area (Å²) in [6, 6.07) is 4.99. The number of morpholine rings is 1. The molecule has 0 spiro atoms. The quantitative estimate of drug-likeness (QED) is 0.858. The Hall–Kier alpha value is -0.810. The number of likely N-dealkylation sites (N-methyl/N-ethyl adjacent to an activating group) is 1. The summed E-state index contributed by atoms with van der Waals surface area (Å²) in [5.41, 5.74) is 0.488. The molecule has 0 N–H and O–H groups in total. The van der Waals surface area contributed by atoms with Gasteiger partial charge in [-0.05, 0) is 32.3 Å². The summed E-state index contributed by atoms with van der Waals surface area (Å²) >= 11 is 12.0. The molecule has 1 aromatic rings. The van der Waals surface area contributed by atoms with Crippen LogP contribution in [-0.4, -0.2) is 62.1 Å². The van der Waals surface area contributed by atoms with Gasteiger partial charge in [-0.15, -0.1) is 0 Å². The number of halogens is 2. The molecule has 6 heteroatoms. The number of ether oxygens (including phenoxy) is 1. The van der Waals surface area contributed by atoms with Gasteiger partial charge < -0.3 is 14.5 Å². The van der Waals surface area contributed by atoms with Crippen molar-refractivity contribution in [2.75, 3.05) is 40.4 Å². The van der Waals surface area contributed by atoms with Crippen molar-refractivity contribution in [2.24, 2.45) is 0 Å². The first kappa shape index (κ1) is 15.6. The van der Waals surface area contributed by atoms with Crippen molar-refractivity contribution in [1.82, 2.24) is 9.80 Å². The van der Waals surface area contributed by atoms with E-state index in [4.69, 9.17) is 27.9 Å². The normalized spacial score (nSPS) is 19.4. The maximum Gasteiger partial charge on any atom is 0.255 e. The highest BCUT2D eigenvalue weighted by atomic mass is 35.5. The van der Waals surface area contributed by atoms with Crippen molar-refractivity contribution >= 4 is 29.1 Å². The molecule has 1 aliphatic heterocycles. The van der Waals surface area contributed by atoms with E-state index in [-0.39, 0.29) is 11.9 Å². The number of carbonyl (C=O) groups is 1. The summed E-state index contributed by atoms with van der Waals surface area (Å²) in [6.07, 6.45) is 0. The smallest absolute Gasteiger partial charge is 0.255 e. The molecule has 0 bridgehead atoms. The number of hydrogen-bond acceptors (Lipinski definition) is 3. The average molecular weight is 317 g/mol. The third-order valence-corrected chi connectivity index (χ3v) is 3.77. The van der Waals surface area contributed by atoms with Gasteiger partial charge in [0.15, 0.2) is 0 Å². The van der Waals surface area contributed by atoms with Gasteiger partial charge in [-0.2, -0.15) is 0 Å². The second-order valence-electron chi connectivity index (χ2n) is 5.11. The summed E-state index contributed by atoms with van der Waals surface area (Å²) in [5, 5.41) is 0.913. The summed E-state index contributed by atoms with van der Waals surface area (Å²) in [4.78, 5) is 16.5. The van der Waals surface area contributed by atoms with Gasteiger partial charge >= 0.3 is 0 Å². The van der Waals surface area contributed by atoms with Gasteiger partial charge in [0.1, 0.15) is 0 Å². The molecule has 0 radical (unpaired) electrons. The molecule has 1 heterocycles. The minimum absolute atomic E-state index is 0.0398. The SMILES string of the molecule is CN(C)C[C@H]1COCCN1C(=O)c1ccc(Cl)cc1Cl. The van der Waals surface area contributed by atoms with Gasteiger partial charge in [-0.3, -0.25) is 4.79 Å². The fourth-order valence-corrected chi connectivity index (χ4v) is 2.80. The number of benzene rings is 1. The van der Waals surface area contributed by atoms with E-state index >= 15 is 0 Å². The van der Waals surface area contributed by atoms with E-state index in [0.717, 1.165) is 6.54 Å². The lowest BCUT2D eigenvalue weighted by Gasteiger charge is -2.37. The third-order valence-electron chi connectivity index (χ3n) is 3.23. The zero-order chi connectivity index (χ0) is 14.7. The van der Waals surface area contributed by atoms with Crippen LogP contribution < -0.4 is 0 Å². The third kappa shape index (κ3) is 3.64. The van der Waals surface area contributed by atoms with Crippen molar-refractivity contribution in [3.8, 4) is 0 Å². The van der Waals surface area contributed by atoms with Crippen LogP contribution in [0.2, 0.25) is 10.0 Å². The lowest BCUT2D eigenvalue weighted by molar-refractivity contribution is -0.00829. The van der Waals surface area contributed by atoms with Crippen LogP contribution in [0, 0.1) is 0 Å². The van der Waals surface area contributed by atoms with Gasteiger partial charge in [0.25, 0.3) is 5.91 Å². The van der Waals surface area contributed by atoms with Crippen molar-refractivity contribution < 1.29 is 9.53 Å². The van der Waals surface area contributed by atoms with E-state index in [1.54, 1.807) is 18.2 Å². The number of carbonyl (C=O) groups excluding carboxylic acids is 1. The maximum atomic E-state index is 12.6. The Morgan fingerprint density at radius 3 is 2.85 bits per heavy atom. The average Bonchev–Trinajstić information content (AvgIpc) is 2.38. The highest BCUT2D eigenvalue weighted by Crippen LogP contribution is 2.23. The molecule has 0 saturated carbocycles. The molecule has 1 saturated heterocycles. The number of rotatable bonds is 3. The Balaban J connectivity index is 2.20. The van der Waals surface area contributed by atoms with Gasteiger partial charge in [-0.25, -0.2) is 0 Å². The Morgan fingerprint density at radius 2 is 2.20 bits per heavy atom. The fourth-order valence-electron chi connectivity index (χ4n) is 2.31. The van der Waals surface area contributed by atoms with E-state index in [9.17, 15) is 4.79 Å². The van der Waals surface area contributed by atoms with E-state index in [2.05, 4.69) is 0 Å². The molecule has 110 valence electrons. The van der Waals surface area contributed by atoms with Crippen LogP contribution in [0.1, 0.15) is 10.4 Å². The molecule has 1 amide bonds. The maximum absolute atomic E-state index is 12.6. The molecule has 2 rings (SSSR count). The topological polar surface area (TPSA) is 32.8 Å². The second kappa shape index (κ2) is 6.76. The molecular weight excluding hydrogens is 299 g/mol. The molecule has 0 aliphatic carbocycles. The zero-order valence-electron chi connectivity index (χ0n) is 11.6. The van der Waals surface area contributed by atoms with E-state index < -0.39 is 0 Å². The van der Waals surface area contributed by atoms with E-state index in [0.29, 0.717) is 35.4 Å². The van der Waals surface area contributed by atoms with Gasteiger partial charge in [0.2, 0.25) is 0 Å². The predicted octanol–water partition coefficient (Wildman–Crippen LogP) is 2.40. The van der Waals surface area contributed by atoms with Crippen LogP contribution >= 0.6 is 23.2 Å². The van der Waals surface area contributed by atoms with Crippen LogP contribution in [0.4, 0.5) is 0 Å². The highest BCUT2D eigenvalue weighted by molar-refractivity contribution is 6.36. The van der Waals surface area contributed by atoms with Crippen molar-refractivity contribution in [3.63, 3.8) is 0 Å². The fraction of sp³-hybridized carbons (Fsp3) is 0.500. The molecule has 20 heavy (non-hydrogen) atoms. The van der Waals surface area contributed by atoms with Crippen molar-refractivity contribution in [1.29, 1.82) is 0 Å². The van der Waals surface area contributed by atoms with Crippen LogP contribution in [0.15, 0.2) is 18.2 Å².